The molecule has 1 heterocycles. The lowest BCUT2D eigenvalue weighted by atomic mass is 9.88. The van der Waals surface area contributed by atoms with Crippen LogP contribution in [0.5, 0.6) is 0 Å². The van der Waals surface area contributed by atoms with Crippen molar-refractivity contribution < 1.29 is 19.2 Å². The molecular weight excluding hydrogens is 334 g/mol. The van der Waals surface area contributed by atoms with Crippen molar-refractivity contribution in [2.24, 2.45) is 5.92 Å². The number of benzene rings is 1. The van der Waals surface area contributed by atoms with Gasteiger partial charge in [-0.05, 0) is 36.3 Å². The summed E-state index contributed by atoms with van der Waals surface area (Å²) in [6.07, 6.45) is 2.75. The third kappa shape index (κ3) is 3.47. The monoisotopic (exact) mass is 357 g/mol. The minimum atomic E-state index is -0.935. The number of carbonyl (C=O) groups excluding carboxylic acids is 4. The molecule has 2 aliphatic rings. The van der Waals surface area contributed by atoms with E-state index in [4.69, 9.17) is 0 Å². The van der Waals surface area contributed by atoms with Gasteiger partial charge in [0, 0.05) is 6.54 Å². The molecule has 1 aromatic rings. The fourth-order valence-electron chi connectivity index (χ4n) is 3.50. The number of hydrogen-bond acceptors (Lipinski definition) is 4. The number of carbonyl (C=O) groups is 4. The number of urea groups is 1. The highest BCUT2D eigenvalue weighted by atomic mass is 16.2. The molecule has 1 N–H and O–H groups in total. The van der Waals surface area contributed by atoms with Gasteiger partial charge in [0.15, 0.2) is 0 Å². The van der Waals surface area contributed by atoms with Crippen molar-refractivity contribution >= 4 is 23.8 Å². The van der Waals surface area contributed by atoms with Crippen LogP contribution < -0.4 is 5.32 Å². The van der Waals surface area contributed by atoms with Gasteiger partial charge in [-0.25, -0.2) is 9.69 Å². The molecule has 3 rings (SSSR count). The van der Waals surface area contributed by atoms with Gasteiger partial charge in [-0.2, -0.15) is 0 Å². The van der Waals surface area contributed by atoms with Crippen LogP contribution in [-0.2, 0) is 20.8 Å². The van der Waals surface area contributed by atoms with Crippen LogP contribution in [0.3, 0.4) is 0 Å². The number of rotatable bonds is 5. The maximum Gasteiger partial charge on any atom is 0.334 e. The zero-order chi connectivity index (χ0) is 18.8. The average Bonchev–Trinajstić information content (AvgIpc) is 2.80. The average molecular weight is 357 g/mol. The minimum absolute atomic E-state index is 0.0446. The summed E-state index contributed by atoms with van der Waals surface area (Å²) < 4.78 is 0. The van der Waals surface area contributed by atoms with Gasteiger partial charge in [0.2, 0.25) is 5.91 Å². The van der Waals surface area contributed by atoms with Crippen LogP contribution in [0.15, 0.2) is 24.3 Å². The van der Waals surface area contributed by atoms with Crippen molar-refractivity contribution in [3.05, 3.63) is 35.4 Å². The molecule has 7 nitrogen and oxygen atoms in total. The molecule has 1 saturated heterocycles. The molecule has 0 saturated carbocycles. The van der Waals surface area contributed by atoms with Crippen molar-refractivity contribution in [3.8, 4) is 0 Å². The number of amides is 5. The lowest BCUT2D eigenvalue weighted by molar-refractivity contribution is -0.144. The third-order valence-electron chi connectivity index (χ3n) is 4.69. The van der Waals surface area contributed by atoms with Gasteiger partial charge < -0.3 is 5.32 Å². The van der Waals surface area contributed by atoms with Crippen molar-refractivity contribution in [2.75, 3.05) is 13.1 Å². The van der Waals surface area contributed by atoms with Crippen molar-refractivity contribution in [1.82, 2.24) is 15.1 Å². The second-order valence-corrected chi connectivity index (χ2v) is 7.19. The van der Waals surface area contributed by atoms with E-state index in [2.05, 4.69) is 5.32 Å². The lowest BCUT2D eigenvalue weighted by Gasteiger charge is -2.27. The molecule has 0 radical (unpaired) electrons. The highest BCUT2D eigenvalue weighted by molar-refractivity contribution is 6.45. The number of fused-ring (bicyclic) bond motifs is 1. The zero-order valence-corrected chi connectivity index (χ0v) is 15.0. The molecule has 1 atom stereocenters. The maximum absolute atomic E-state index is 12.4. The molecule has 1 aliphatic heterocycles. The Morgan fingerprint density at radius 1 is 1.15 bits per heavy atom. The van der Waals surface area contributed by atoms with E-state index < -0.39 is 30.3 Å². The second-order valence-electron chi connectivity index (χ2n) is 7.19. The molecule has 1 aromatic carbocycles. The van der Waals surface area contributed by atoms with Crippen LogP contribution in [0.1, 0.15) is 43.9 Å². The topological polar surface area (TPSA) is 86.8 Å². The molecule has 0 bridgehead atoms. The highest BCUT2D eigenvalue weighted by Gasteiger charge is 2.45. The van der Waals surface area contributed by atoms with E-state index in [0.717, 1.165) is 34.6 Å². The normalized spacial score (nSPS) is 20.0. The molecule has 1 aliphatic carbocycles. The molecule has 138 valence electrons. The Bertz CT molecular complexity index is 759. The van der Waals surface area contributed by atoms with Gasteiger partial charge >= 0.3 is 17.8 Å². The summed E-state index contributed by atoms with van der Waals surface area (Å²) in [7, 11) is 0. The van der Waals surface area contributed by atoms with Crippen LogP contribution in [0.4, 0.5) is 4.79 Å². The smallest absolute Gasteiger partial charge is 0.334 e. The molecule has 0 unspecified atom stereocenters. The number of imide groups is 2. The lowest BCUT2D eigenvalue weighted by Crippen LogP contribution is -2.43. The zero-order valence-electron chi connectivity index (χ0n) is 15.0. The first kappa shape index (κ1) is 18.1. The Kier molecular flexibility index (Phi) is 5.06. The number of nitrogens with zero attached hydrogens (tertiary/aromatic N) is 2. The summed E-state index contributed by atoms with van der Waals surface area (Å²) in [5.41, 5.74) is 2.28. The second kappa shape index (κ2) is 7.27. The number of hydrogen-bond donors (Lipinski definition) is 1. The molecule has 7 heteroatoms. The molecule has 1 fully saturated rings. The Balaban J connectivity index is 1.66. The van der Waals surface area contributed by atoms with Gasteiger partial charge in [-0.1, -0.05) is 38.1 Å². The van der Waals surface area contributed by atoms with E-state index in [1.54, 1.807) is 0 Å². The van der Waals surface area contributed by atoms with E-state index in [0.29, 0.717) is 0 Å². The van der Waals surface area contributed by atoms with E-state index >= 15 is 0 Å². The standard InChI is InChI=1S/C19H23N3O4/c1-12(2)10-21-17(24)18(25)22(19(21)26)11-16(23)20-15-9-5-7-13-6-3-4-8-14(13)15/h3-4,6,8,12,15H,5,7,9-11H2,1-2H3,(H,20,23)/t15-/m1/s1. The van der Waals surface area contributed by atoms with Crippen molar-refractivity contribution in [3.63, 3.8) is 0 Å². The van der Waals surface area contributed by atoms with E-state index in [-0.39, 0.29) is 18.5 Å². The van der Waals surface area contributed by atoms with E-state index in [9.17, 15) is 19.2 Å². The van der Waals surface area contributed by atoms with Crippen LogP contribution in [0.2, 0.25) is 0 Å². The SMILES string of the molecule is CC(C)CN1C(=O)C(=O)N(CC(=O)N[C@@H]2CCCc3ccccc32)C1=O. The van der Waals surface area contributed by atoms with E-state index in [1.807, 2.05) is 38.1 Å². The quantitative estimate of drug-likeness (QED) is 0.641. The third-order valence-corrected chi connectivity index (χ3v) is 4.69. The predicted molar refractivity (Wildman–Crippen MR) is 93.9 cm³/mol. The van der Waals surface area contributed by atoms with Gasteiger partial charge in [-0.3, -0.25) is 19.3 Å². The van der Waals surface area contributed by atoms with Crippen LogP contribution in [-0.4, -0.2) is 46.6 Å². The summed E-state index contributed by atoms with van der Waals surface area (Å²) in [6.45, 7) is 3.43. The summed E-state index contributed by atoms with van der Waals surface area (Å²) >= 11 is 0. The first-order valence-corrected chi connectivity index (χ1v) is 8.93. The van der Waals surface area contributed by atoms with Gasteiger partial charge in [-0.15, -0.1) is 0 Å². The highest BCUT2D eigenvalue weighted by Crippen LogP contribution is 2.29. The van der Waals surface area contributed by atoms with Gasteiger partial charge in [0.25, 0.3) is 0 Å². The molecule has 0 aromatic heterocycles. The first-order valence-electron chi connectivity index (χ1n) is 8.93. The Hall–Kier alpha value is -2.70. The summed E-state index contributed by atoms with van der Waals surface area (Å²) in [5.74, 6) is -2.19. The molecule has 26 heavy (non-hydrogen) atoms. The minimum Gasteiger partial charge on any atom is -0.348 e. The molecule has 0 spiro atoms. The largest absolute Gasteiger partial charge is 0.348 e. The first-order chi connectivity index (χ1) is 12.4. The Labute approximate surface area is 152 Å². The summed E-state index contributed by atoms with van der Waals surface area (Å²) in [6, 6.07) is 7.08. The van der Waals surface area contributed by atoms with Crippen LogP contribution >= 0.6 is 0 Å². The number of nitrogens with one attached hydrogen (secondary N) is 1. The van der Waals surface area contributed by atoms with Gasteiger partial charge in [0.1, 0.15) is 6.54 Å². The van der Waals surface area contributed by atoms with Crippen LogP contribution in [0, 0.1) is 5.92 Å². The summed E-state index contributed by atoms with van der Waals surface area (Å²) in [5, 5.41) is 2.90. The predicted octanol–water partition coefficient (Wildman–Crippen LogP) is 1.63. The van der Waals surface area contributed by atoms with Gasteiger partial charge in [0.05, 0.1) is 6.04 Å². The Morgan fingerprint density at radius 3 is 2.58 bits per heavy atom. The molecule has 5 amide bonds. The van der Waals surface area contributed by atoms with Crippen LogP contribution in [0.25, 0.3) is 0 Å². The summed E-state index contributed by atoms with van der Waals surface area (Å²) in [4.78, 5) is 50.4. The van der Waals surface area contributed by atoms with E-state index in [1.165, 1.54) is 5.56 Å². The fourth-order valence-corrected chi connectivity index (χ4v) is 3.50. The van der Waals surface area contributed by atoms with Crippen molar-refractivity contribution in [1.29, 1.82) is 0 Å². The fraction of sp³-hybridized carbons (Fsp3) is 0.474. The molecular formula is C19H23N3O4. The number of aryl methyl sites for hydroxylation is 1. The maximum atomic E-state index is 12.4. The Morgan fingerprint density at radius 2 is 1.85 bits per heavy atom. The van der Waals surface area contributed by atoms with Crippen molar-refractivity contribution in [2.45, 2.75) is 39.2 Å².